The maximum absolute atomic E-state index is 13.6. The molecule has 0 bridgehead atoms. The molecule has 0 radical (unpaired) electrons. The highest BCUT2D eigenvalue weighted by atomic mass is 19.1. The van der Waals surface area contributed by atoms with Crippen LogP contribution in [0, 0.1) is 11.7 Å². The first-order valence-corrected chi connectivity index (χ1v) is 8.51. The molecule has 1 heterocycles. The smallest absolute Gasteiger partial charge is 0.339 e. The molecule has 1 N–H and O–H groups in total. The van der Waals surface area contributed by atoms with E-state index in [4.69, 9.17) is 4.74 Å². The van der Waals surface area contributed by atoms with Crippen molar-refractivity contribution in [1.82, 2.24) is 4.90 Å². The molecule has 0 saturated carbocycles. The summed E-state index contributed by atoms with van der Waals surface area (Å²) >= 11 is 0. The largest absolute Gasteiger partial charge is 0.491 e. The van der Waals surface area contributed by atoms with Crippen LogP contribution in [0.5, 0.6) is 5.75 Å². The number of nitrogens with zero attached hydrogens (tertiary/aromatic N) is 1. The fourth-order valence-corrected chi connectivity index (χ4v) is 3.55. The molecule has 1 aliphatic heterocycles. The number of rotatable bonds is 6. The molecule has 0 aromatic heterocycles. The van der Waals surface area contributed by atoms with Gasteiger partial charge in [-0.15, -0.1) is 0 Å². The lowest BCUT2D eigenvalue weighted by Crippen LogP contribution is -2.29. The fraction of sp³-hybridized carbons (Fsp3) is 0.350. The minimum atomic E-state index is -0.997. The fourth-order valence-electron chi connectivity index (χ4n) is 3.55. The van der Waals surface area contributed by atoms with E-state index in [-0.39, 0.29) is 17.4 Å². The van der Waals surface area contributed by atoms with Crippen LogP contribution < -0.4 is 4.74 Å². The second-order valence-electron chi connectivity index (χ2n) is 6.45. The van der Waals surface area contributed by atoms with Gasteiger partial charge in [-0.2, -0.15) is 0 Å². The van der Waals surface area contributed by atoms with Crippen LogP contribution in [-0.4, -0.2) is 35.7 Å². The Morgan fingerprint density at radius 2 is 2.08 bits per heavy atom. The van der Waals surface area contributed by atoms with E-state index in [0.29, 0.717) is 24.8 Å². The molecule has 1 saturated heterocycles. The van der Waals surface area contributed by atoms with Crippen LogP contribution in [0.4, 0.5) is 4.39 Å². The van der Waals surface area contributed by atoms with Gasteiger partial charge in [-0.1, -0.05) is 31.2 Å². The summed E-state index contributed by atoms with van der Waals surface area (Å²) in [7, 11) is 0. The van der Waals surface area contributed by atoms with E-state index in [9.17, 15) is 14.3 Å². The molecule has 5 heteroatoms. The van der Waals surface area contributed by atoms with Gasteiger partial charge < -0.3 is 9.84 Å². The van der Waals surface area contributed by atoms with Gasteiger partial charge in [-0.05, 0) is 48.7 Å². The molecule has 2 aromatic rings. The lowest BCUT2D eigenvalue weighted by molar-refractivity contribution is 0.0691. The molecule has 2 atom stereocenters. The monoisotopic (exact) mass is 343 g/mol. The number of hydrogen-bond acceptors (Lipinski definition) is 3. The summed E-state index contributed by atoms with van der Waals surface area (Å²) in [6.45, 7) is 4.16. The van der Waals surface area contributed by atoms with Crippen molar-refractivity contribution in [2.45, 2.75) is 19.4 Å². The van der Waals surface area contributed by atoms with Gasteiger partial charge in [-0.3, -0.25) is 4.90 Å². The van der Waals surface area contributed by atoms with Gasteiger partial charge >= 0.3 is 5.97 Å². The zero-order chi connectivity index (χ0) is 17.8. The summed E-state index contributed by atoms with van der Waals surface area (Å²) in [5, 5.41) is 9.20. The molecule has 2 aromatic carbocycles. The molecule has 4 nitrogen and oxygen atoms in total. The Bertz CT molecular complexity index is 749. The highest BCUT2D eigenvalue weighted by Gasteiger charge is 2.32. The number of carboxylic acid groups (broad SMARTS) is 1. The number of halogens is 1. The van der Waals surface area contributed by atoms with Gasteiger partial charge in [0.15, 0.2) is 0 Å². The van der Waals surface area contributed by atoms with Crippen LogP contribution in [-0.2, 0) is 0 Å². The minimum Gasteiger partial charge on any atom is -0.491 e. The van der Waals surface area contributed by atoms with Crippen molar-refractivity contribution in [3.05, 3.63) is 65.5 Å². The average molecular weight is 343 g/mol. The van der Waals surface area contributed by atoms with Crippen molar-refractivity contribution in [3.63, 3.8) is 0 Å². The third-order valence-corrected chi connectivity index (χ3v) is 4.75. The lowest BCUT2D eigenvalue weighted by atomic mass is 9.95. The number of aromatic carboxylic acids is 1. The van der Waals surface area contributed by atoms with Crippen LogP contribution in [0.25, 0.3) is 0 Å². The predicted octanol–water partition coefficient (Wildman–Crippen LogP) is 3.99. The second-order valence-corrected chi connectivity index (χ2v) is 6.45. The Labute approximate surface area is 146 Å². The molecule has 132 valence electrons. The van der Waals surface area contributed by atoms with Crippen molar-refractivity contribution in [3.8, 4) is 5.75 Å². The number of carbonyl (C=O) groups is 1. The van der Waals surface area contributed by atoms with Gasteiger partial charge in [0.25, 0.3) is 0 Å². The van der Waals surface area contributed by atoms with Crippen LogP contribution in [0.2, 0.25) is 0 Å². The number of hydrogen-bond donors (Lipinski definition) is 1. The summed E-state index contributed by atoms with van der Waals surface area (Å²) in [6.07, 6.45) is 1.05. The number of likely N-dealkylation sites (tertiary alicyclic amines) is 1. The van der Waals surface area contributed by atoms with Gasteiger partial charge in [0.05, 0.1) is 0 Å². The van der Waals surface area contributed by atoms with Crippen molar-refractivity contribution >= 4 is 5.97 Å². The molecule has 1 aliphatic rings. The number of ether oxygens (including phenoxy) is 1. The Morgan fingerprint density at radius 1 is 1.28 bits per heavy atom. The summed E-state index contributed by atoms with van der Waals surface area (Å²) in [6, 6.07) is 13.6. The Balaban J connectivity index is 1.65. The number of carboxylic acids is 1. The standard InChI is InChI=1S/C20H22FNO3/c1-14-9-10-22(19(14)15-5-4-6-16(21)13-15)11-12-25-18-8-3-2-7-17(18)20(23)24/h2-8,13-14,19H,9-12H2,1H3,(H,23,24). The van der Waals surface area contributed by atoms with E-state index in [2.05, 4.69) is 11.8 Å². The maximum Gasteiger partial charge on any atom is 0.339 e. The second kappa shape index (κ2) is 7.66. The van der Waals surface area contributed by atoms with E-state index >= 15 is 0 Å². The third kappa shape index (κ3) is 3.99. The first kappa shape index (κ1) is 17.4. The molecule has 1 fully saturated rings. The highest BCUT2D eigenvalue weighted by molar-refractivity contribution is 5.90. The Hall–Kier alpha value is -2.40. The minimum absolute atomic E-state index is 0.161. The van der Waals surface area contributed by atoms with Crippen molar-refractivity contribution in [2.75, 3.05) is 19.7 Å². The van der Waals surface area contributed by atoms with Crippen molar-refractivity contribution in [1.29, 1.82) is 0 Å². The summed E-state index contributed by atoms with van der Waals surface area (Å²) < 4.78 is 19.3. The average Bonchev–Trinajstić information content (AvgIpc) is 2.96. The molecule has 25 heavy (non-hydrogen) atoms. The number of benzene rings is 2. The lowest BCUT2D eigenvalue weighted by Gasteiger charge is -2.27. The summed E-state index contributed by atoms with van der Waals surface area (Å²) in [4.78, 5) is 13.5. The zero-order valence-corrected chi connectivity index (χ0v) is 14.2. The third-order valence-electron chi connectivity index (χ3n) is 4.75. The normalized spacial score (nSPS) is 20.6. The molecule has 0 amide bonds. The van der Waals surface area contributed by atoms with Gasteiger partial charge in [0.2, 0.25) is 0 Å². The van der Waals surface area contributed by atoms with Gasteiger partial charge in [0.1, 0.15) is 23.7 Å². The van der Waals surface area contributed by atoms with E-state index in [1.807, 2.05) is 6.07 Å². The van der Waals surface area contributed by atoms with Crippen molar-refractivity contribution < 1.29 is 19.0 Å². The molecule has 0 spiro atoms. The molecule has 3 rings (SSSR count). The van der Waals surface area contributed by atoms with E-state index in [1.54, 1.807) is 30.3 Å². The van der Waals surface area contributed by atoms with Gasteiger partial charge in [-0.25, -0.2) is 9.18 Å². The molecular formula is C20H22FNO3. The predicted molar refractivity (Wildman–Crippen MR) is 93.4 cm³/mol. The van der Waals surface area contributed by atoms with Gasteiger partial charge in [0, 0.05) is 12.6 Å². The summed E-state index contributed by atoms with van der Waals surface area (Å²) in [5.41, 5.74) is 1.15. The molecular weight excluding hydrogens is 321 g/mol. The SMILES string of the molecule is CC1CCN(CCOc2ccccc2C(=O)O)C1c1cccc(F)c1. The van der Waals surface area contributed by atoms with Crippen LogP contribution in [0.15, 0.2) is 48.5 Å². The summed E-state index contributed by atoms with van der Waals surface area (Å²) in [5.74, 6) is -0.399. The van der Waals surface area contributed by atoms with Crippen LogP contribution >= 0.6 is 0 Å². The first-order valence-electron chi connectivity index (χ1n) is 8.51. The molecule has 0 aliphatic carbocycles. The van der Waals surface area contributed by atoms with E-state index in [1.165, 1.54) is 12.1 Å². The van der Waals surface area contributed by atoms with E-state index < -0.39 is 5.97 Å². The van der Waals surface area contributed by atoms with Crippen LogP contribution in [0.1, 0.15) is 35.3 Å². The van der Waals surface area contributed by atoms with E-state index in [0.717, 1.165) is 18.5 Å². The topological polar surface area (TPSA) is 49.8 Å². The number of para-hydroxylation sites is 1. The zero-order valence-electron chi connectivity index (χ0n) is 14.2. The Morgan fingerprint density at radius 3 is 2.84 bits per heavy atom. The molecule has 2 unspecified atom stereocenters. The van der Waals surface area contributed by atoms with Crippen LogP contribution in [0.3, 0.4) is 0 Å². The quantitative estimate of drug-likeness (QED) is 0.862. The first-order chi connectivity index (χ1) is 12.1. The maximum atomic E-state index is 13.6. The van der Waals surface area contributed by atoms with Crippen molar-refractivity contribution in [2.24, 2.45) is 5.92 Å². The Kier molecular flexibility index (Phi) is 5.34. The highest BCUT2D eigenvalue weighted by Crippen LogP contribution is 2.36.